The minimum Gasteiger partial charge on any atom is -0.478 e. The molecular formula is C16H18O6. The summed E-state index contributed by atoms with van der Waals surface area (Å²) < 4.78 is 10.2. The average Bonchev–Trinajstić information content (AvgIpc) is 2.37. The summed E-state index contributed by atoms with van der Waals surface area (Å²) in [5.41, 5.74) is -0.528. The van der Waals surface area contributed by atoms with Gasteiger partial charge < -0.3 is 14.6 Å². The Balaban J connectivity index is 2.65. The molecule has 0 saturated carbocycles. The van der Waals surface area contributed by atoms with Gasteiger partial charge in [0.2, 0.25) is 0 Å². The van der Waals surface area contributed by atoms with Crippen LogP contribution in [0.25, 0.3) is 0 Å². The number of carbonyl (C=O) groups is 3. The van der Waals surface area contributed by atoms with E-state index in [1.54, 1.807) is 20.8 Å². The lowest BCUT2D eigenvalue weighted by Gasteiger charge is -2.19. The summed E-state index contributed by atoms with van der Waals surface area (Å²) in [4.78, 5) is 33.9. The van der Waals surface area contributed by atoms with Crippen molar-refractivity contribution in [2.45, 2.75) is 32.8 Å². The highest BCUT2D eigenvalue weighted by Crippen LogP contribution is 2.17. The van der Waals surface area contributed by atoms with Crippen LogP contribution < -0.4 is 4.74 Å². The Morgan fingerprint density at radius 1 is 1.14 bits per heavy atom. The van der Waals surface area contributed by atoms with Crippen LogP contribution in [-0.2, 0) is 14.3 Å². The van der Waals surface area contributed by atoms with E-state index < -0.39 is 29.9 Å². The van der Waals surface area contributed by atoms with Crippen molar-refractivity contribution in [3.8, 4) is 5.75 Å². The number of benzene rings is 1. The van der Waals surface area contributed by atoms with Gasteiger partial charge in [0, 0.05) is 5.57 Å². The second-order valence-corrected chi connectivity index (χ2v) is 5.59. The molecule has 6 nitrogen and oxygen atoms in total. The van der Waals surface area contributed by atoms with Gasteiger partial charge in [0.1, 0.15) is 11.4 Å². The molecule has 0 unspecified atom stereocenters. The lowest BCUT2D eigenvalue weighted by molar-refractivity contribution is -0.138. The van der Waals surface area contributed by atoms with Crippen molar-refractivity contribution in [2.75, 3.05) is 0 Å². The number of rotatable bonds is 5. The standard InChI is InChI=1S/C16H18O6/c1-10(14(18)19)9-13(17)21-12-7-5-11(6-8-12)15(20)22-16(2,3)4/h5-8H,1,9H2,2-4H3,(H,18,19). The minimum atomic E-state index is -1.25. The molecular weight excluding hydrogens is 288 g/mol. The number of aliphatic carboxylic acids is 1. The molecule has 0 atom stereocenters. The second-order valence-electron chi connectivity index (χ2n) is 5.59. The van der Waals surface area contributed by atoms with Gasteiger partial charge in [-0.25, -0.2) is 9.59 Å². The van der Waals surface area contributed by atoms with E-state index in [1.807, 2.05) is 0 Å². The smallest absolute Gasteiger partial charge is 0.338 e. The molecule has 0 bridgehead atoms. The summed E-state index contributed by atoms with van der Waals surface area (Å²) in [6, 6.07) is 5.78. The molecule has 0 heterocycles. The zero-order chi connectivity index (χ0) is 16.9. The number of esters is 2. The average molecular weight is 306 g/mol. The summed E-state index contributed by atoms with van der Waals surface area (Å²) in [5.74, 6) is -2.27. The fraction of sp³-hybridized carbons (Fsp3) is 0.312. The fourth-order valence-electron chi connectivity index (χ4n) is 1.41. The van der Waals surface area contributed by atoms with Crippen molar-refractivity contribution >= 4 is 17.9 Å². The molecule has 0 aliphatic heterocycles. The molecule has 6 heteroatoms. The zero-order valence-electron chi connectivity index (χ0n) is 12.7. The van der Waals surface area contributed by atoms with E-state index in [1.165, 1.54) is 24.3 Å². The van der Waals surface area contributed by atoms with Gasteiger partial charge in [0.15, 0.2) is 0 Å². The maximum atomic E-state index is 11.8. The fourth-order valence-corrected chi connectivity index (χ4v) is 1.41. The van der Waals surface area contributed by atoms with E-state index in [9.17, 15) is 14.4 Å². The maximum Gasteiger partial charge on any atom is 0.338 e. The van der Waals surface area contributed by atoms with Gasteiger partial charge >= 0.3 is 17.9 Å². The molecule has 118 valence electrons. The number of hydrogen-bond acceptors (Lipinski definition) is 5. The topological polar surface area (TPSA) is 89.9 Å². The number of carboxylic acid groups (broad SMARTS) is 1. The largest absolute Gasteiger partial charge is 0.478 e. The number of ether oxygens (including phenoxy) is 2. The number of hydrogen-bond donors (Lipinski definition) is 1. The third-order valence-corrected chi connectivity index (χ3v) is 2.38. The molecule has 0 aromatic heterocycles. The van der Waals surface area contributed by atoms with Crippen LogP contribution in [0.4, 0.5) is 0 Å². The molecule has 1 rings (SSSR count). The van der Waals surface area contributed by atoms with E-state index in [-0.39, 0.29) is 11.3 Å². The Morgan fingerprint density at radius 2 is 1.68 bits per heavy atom. The number of carbonyl (C=O) groups excluding carboxylic acids is 2. The van der Waals surface area contributed by atoms with Crippen LogP contribution in [0.2, 0.25) is 0 Å². The van der Waals surface area contributed by atoms with Crippen molar-refractivity contribution in [3.05, 3.63) is 42.0 Å². The highest BCUT2D eigenvalue weighted by Gasteiger charge is 2.18. The Kier molecular flexibility index (Phi) is 5.45. The van der Waals surface area contributed by atoms with E-state index >= 15 is 0 Å². The molecule has 0 fully saturated rings. The Hall–Kier alpha value is -2.63. The first kappa shape index (κ1) is 17.4. The second kappa shape index (κ2) is 6.89. The van der Waals surface area contributed by atoms with E-state index in [4.69, 9.17) is 14.6 Å². The van der Waals surface area contributed by atoms with Crippen molar-refractivity contribution in [1.82, 2.24) is 0 Å². The van der Waals surface area contributed by atoms with Crippen LogP contribution in [0, 0.1) is 0 Å². The first-order chi connectivity index (χ1) is 10.1. The first-order valence-electron chi connectivity index (χ1n) is 6.53. The summed E-state index contributed by atoms with van der Waals surface area (Å²) in [5, 5.41) is 8.63. The summed E-state index contributed by atoms with van der Waals surface area (Å²) in [7, 11) is 0. The van der Waals surface area contributed by atoms with Crippen LogP contribution in [0.3, 0.4) is 0 Å². The van der Waals surface area contributed by atoms with Crippen molar-refractivity contribution in [3.63, 3.8) is 0 Å². The molecule has 0 saturated heterocycles. The molecule has 0 aliphatic carbocycles. The van der Waals surface area contributed by atoms with Gasteiger partial charge in [-0.1, -0.05) is 6.58 Å². The highest BCUT2D eigenvalue weighted by atomic mass is 16.6. The first-order valence-corrected chi connectivity index (χ1v) is 6.53. The molecule has 0 amide bonds. The van der Waals surface area contributed by atoms with Crippen molar-refractivity contribution in [1.29, 1.82) is 0 Å². The summed E-state index contributed by atoms with van der Waals surface area (Å²) in [6.45, 7) is 8.53. The van der Waals surface area contributed by atoms with Gasteiger partial charge in [-0.3, -0.25) is 4.79 Å². The van der Waals surface area contributed by atoms with Gasteiger partial charge in [-0.15, -0.1) is 0 Å². The lowest BCUT2D eigenvalue weighted by Crippen LogP contribution is -2.23. The predicted octanol–water partition coefficient (Wildman–Crippen LogP) is 2.58. The Labute approximate surface area is 128 Å². The predicted molar refractivity (Wildman–Crippen MR) is 78.6 cm³/mol. The number of carboxylic acids is 1. The Bertz CT molecular complexity index is 592. The molecule has 0 aliphatic rings. The van der Waals surface area contributed by atoms with E-state index in [2.05, 4.69) is 6.58 Å². The maximum absolute atomic E-state index is 11.8. The summed E-state index contributed by atoms with van der Waals surface area (Å²) in [6.07, 6.45) is -0.414. The van der Waals surface area contributed by atoms with Crippen molar-refractivity contribution in [2.24, 2.45) is 0 Å². The Morgan fingerprint density at radius 3 is 2.14 bits per heavy atom. The monoisotopic (exact) mass is 306 g/mol. The van der Waals surface area contributed by atoms with Crippen LogP contribution >= 0.6 is 0 Å². The SMILES string of the molecule is C=C(CC(=O)Oc1ccc(C(=O)OC(C)(C)C)cc1)C(=O)O. The molecule has 1 aromatic rings. The molecule has 22 heavy (non-hydrogen) atoms. The highest BCUT2D eigenvalue weighted by molar-refractivity contribution is 5.92. The molecule has 1 N–H and O–H groups in total. The van der Waals surface area contributed by atoms with Gasteiger partial charge in [-0.2, -0.15) is 0 Å². The van der Waals surface area contributed by atoms with Gasteiger partial charge in [0.25, 0.3) is 0 Å². The molecule has 0 spiro atoms. The van der Waals surface area contributed by atoms with Gasteiger partial charge in [-0.05, 0) is 45.0 Å². The van der Waals surface area contributed by atoms with Crippen LogP contribution in [-0.4, -0.2) is 28.6 Å². The lowest BCUT2D eigenvalue weighted by atomic mass is 10.1. The quantitative estimate of drug-likeness (QED) is 0.511. The third-order valence-electron chi connectivity index (χ3n) is 2.38. The van der Waals surface area contributed by atoms with Crippen LogP contribution in [0.15, 0.2) is 36.4 Å². The zero-order valence-corrected chi connectivity index (χ0v) is 12.7. The molecule has 1 aromatic carbocycles. The molecule has 0 radical (unpaired) electrons. The van der Waals surface area contributed by atoms with E-state index in [0.29, 0.717) is 5.56 Å². The normalized spacial score (nSPS) is 10.7. The van der Waals surface area contributed by atoms with Gasteiger partial charge in [0.05, 0.1) is 12.0 Å². The van der Waals surface area contributed by atoms with Crippen LogP contribution in [0.1, 0.15) is 37.6 Å². The third kappa shape index (κ3) is 5.78. The van der Waals surface area contributed by atoms with Crippen LogP contribution in [0.5, 0.6) is 5.75 Å². The van der Waals surface area contributed by atoms with E-state index in [0.717, 1.165) is 0 Å². The summed E-state index contributed by atoms with van der Waals surface area (Å²) >= 11 is 0. The minimum absolute atomic E-state index is 0.204. The van der Waals surface area contributed by atoms with Crippen molar-refractivity contribution < 1.29 is 29.0 Å².